The van der Waals surface area contributed by atoms with Crippen LogP contribution in [0.4, 0.5) is 20.2 Å². The van der Waals surface area contributed by atoms with E-state index in [9.17, 15) is 23.2 Å². The molecule has 2 aromatic rings. The van der Waals surface area contributed by atoms with Gasteiger partial charge in [-0.3, -0.25) is 9.59 Å². The number of nitrogens with one attached hydrogen (secondary N) is 1. The Morgan fingerprint density at radius 1 is 1.18 bits per heavy atom. The van der Waals surface area contributed by atoms with Crippen LogP contribution < -0.4 is 10.2 Å². The highest BCUT2D eigenvalue weighted by Crippen LogP contribution is 2.28. The van der Waals surface area contributed by atoms with Crippen molar-refractivity contribution in [2.75, 3.05) is 23.4 Å². The highest BCUT2D eigenvalue weighted by atomic mass is 19.1. The van der Waals surface area contributed by atoms with Gasteiger partial charge < -0.3 is 15.0 Å². The van der Waals surface area contributed by atoms with Crippen molar-refractivity contribution in [2.45, 2.75) is 13.3 Å². The van der Waals surface area contributed by atoms with Crippen LogP contribution >= 0.6 is 0 Å². The number of rotatable bonds is 5. The lowest BCUT2D eigenvalue weighted by Gasteiger charge is -2.17. The smallest absolute Gasteiger partial charge is 0.338 e. The summed E-state index contributed by atoms with van der Waals surface area (Å²) in [7, 11) is 0. The third-order valence-corrected chi connectivity index (χ3v) is 4.36. The second-order valence-corrected chi connectivity index (χ2v) is 6.29. The maximum Gasteiger partial charge on any atom is 0.338 e. The van der Waals surface area contributed by atoms with E-state index >= 15 is 0 Å². The average Bonchev–Trinajstić information content (AvgIpc) is 3.04. The Balaban J connectivity index is 1.65. The molecule has 1 unspecified atom stereocenters. The van der Waals surface area contributed by atoms with Gasteiger partial charge >= 0.3 is 5.97 Å². The van der Waals surface area contributed by atoms with E-state index in [1.54, 1.807) is 19.1 Å². The van der Waals surface area contributed by atoms with Crippen molar-refractivity contribution in [2.24, 2.45) is 5.92 Å². The molecule has 0 aromatic heterocycles. The van der Waals surface area contributed by atoms with Crippen LogP contribution in [-0.2, 0) is 14.3 Å². The van der Waals surface area contributed by atoms with Crippen molar-refractivity contribution >= 4 is 29.2 Å². The molecular formula is C20H18F2N2O4. The molecule has 1 aliphatic heterocycles. The zero-order valence-corrected chi connectivity index (χ0v) is 15.1. The van der Waals surface area contributed by atoms with Gasteiger partial charge in [0.25, 0.3) is 0 Å². The Hall–Kier alpha value is -3.29. The number of nitrogens with zero attached hydrogens (tertiary/aromatic N) is 1. The van der Waals surface area contributed by atoms with E-state index in [0.717, 1.165) is 11.0 Å². The first kappa shape index (κ1) is 19.5. The quantitative estimate of drug-likeness (QED) is 0.799. The van der Waals surface area contributed by atoms with Crippen molar-refractivity contribution in [3.8, 4) is 0 Å². The maximum absolute atomic E-state index is 13.9. The van der Waals surface area contributed by atoms with Crippen molar-refractivity contribution in [3.05, 3.63) is 59.7 Å². The van der Waals surface area contributed by atoms with Crippen LogP contribution in [0.5, 0.6) is 0 Å². The number of esters is 1. The van der Waals surface area contributed by atoms with Crippen LogP contribution in [0.15, 0.2) is 42.5 Å². The number of carbonyl (C=O) groups excluding carboxylic acids is 3. The number of amides is 2. The predicted octanol–water partition coefficient (Wildman–Crippen LogP) is 3.13. The first-order valence-corrected chi connectivity index (χ1v) is 8.72. The van der Waals surface area contributed by atoms with E-state index in [2.05, 4.69) is 5.32 Å². The second kappa shape index (κ2) is 8.16. The van der Waals surface area contributed by atoms with Crippen LogP contribution in [0.3, 0.4) is 0 Å². The van der Waals surface area contributed by atoms with Gasteiger partial charge in [-0.25, -0.2) is 13.6 Å². The Morgan fingerprint density at radius 3 is 2.54 bits per heavy atom. The lowest BCUT2D eigenvalue weighted by atomic mass is 10.1. The van der Waals surface area contributed by atoms with Crippen LogP contribution in [0, 0.1) is 17.6 Å². The second-order valence-electron chi connectivity index (χ2n) is 6.29. The lowest BCUT2D eigenvalue weighted by molar-refractivity contribution is -0.122. The molecular weight excluding hydrogens is 370 g/mol. The van der Waals surface area contributed by atoms with Gasteiger partial charge in [-0.05, 0) is 43.3 Å². The van der Waals surface area contributed by atoms with Crippen LogP contribution in [0.25, 0.3) is 0 Å². The third kappa shape index (κ3) is 4.16. The molecule has 1 N–H and O–H groups in total. The van der Waals surface area contributed by atoms with E-state index in [4.69, 9.17) is 4.74 Å². The summed E-state index contributed by atoms with van der Waals surface area (Å²) < 4.78 is 31.9. The van der Waals surface area contributed by atoms with Crippen molar-refractivity contribution in [1.82, 2.24) is 0 Å². The molecule has 146 valence electrons. The van der Waals surface area contributed by atoms with Crippen LogP contribution in [0.2, 0.25) is 0 Å². The van der Waals surface area contributed by atoms with Gasteiger partial charge in [0.1, 0.15) is 11.6 Å². The molecule has 1 atom stereocenters. The largest absolute Gasteiger partial charge is 0.462 e. The number of hydrogen-bond donors (Lipinski definition) is 1. The minimum atomic E-state index is -0.857. The summed E-state index contributed by atoms with van der Waals surface area (Å²) >= 11 is 0. The Labute approximate surface area is 160 Å². The summed E-state index contributed by atoms with van der Waals surface area (Å²) in [5.41, 5.74) is 0.756. The molecule has 6 nitrogen and oxygen atoms in total. The molecule has 0 aliphatic carbocycles. The van der Waals surface area contributed by atoms with Crippen molar-refractivity contribution in [1.29, 1.82) is 0 Å². The SMILES string of the molecule is CCOC(=O)c1ccc(NC(=O)C2CC(=O)N(c3ccc(F)cc3F)C2)cc1. The number of benzene rings is 2. The minimum Gasteiger partial charge on any atom is -0.462 e. The van der Waals surface area contributed by atoms with Crippen LogP contribution in [-0.4, -0.2) is 30.9 Å². The maximum atomic E-state index is 13.9. The lowest BCUT2D eigenvalue weighted by Crippen LogP contribution is -2.28. The average molecular weight is 388 g/mol. The summed E-state index contributed by atoms with van der Waals surface area (Å²) in [6.07, 6.45) is -0.0798. The summed E-state index contributed by atoms with van der Waals surface area (Å²) in [6, 6.07) is 9.08. The fraction of sp³-hybridized carbons (Fsp3) is 0.250. The fourth-order valence-electron chi connectivity index (χ4n) is 2.96. The zero-order chi connectivity index (χ0) is 20.3. The standard InChI is InChI=1S/C20H18F2N2O4/c1-2-28-20(27)12-3-6-15(7-4-12)23-19(26)13-9-18(25)24(11-13)17-8-5-14(21)10-16(17)22/h3-8,10,13H,2,9,11H2,1H3,(H,23,26). The molecule has 0 bridgehead atoms. The molecule has 3 rings (SSSR count). The third-order valence-electron chi connectivity index (χ3n) is 4.36. The molecule has 1 heterocycles. The monoisotopic (exact) mass is 388 g/mol. The van der Waals surface area contributed by atoms with E-state index in [1.807, 2.05) is 0 Å². The molecule has 2 amide bonds. The van der Waals surface area contributed by atoms with Gasteiger partial charge in [0.05, 0.1) is 23.8 Å². The minimum absolute atomic E-state index is 0.00582. The number of hydrogen-bond acceptors (Lipinski definition) is 4. The molecule has 1 aliphatic rings. The molecule has 8 heteroatoms. The summed E-state index contributed by atoms with van der Waals surface area (Å²) in [5, 5.41) is 2.67. The van der Waals surface area contributed by atoms with E-state index in [-0.39, 0.29) is 25.3 Å². The fourth-order valence-corrected chi connectivity index (χ4v) is 2.96. The zero-order valence-electron chi connectivity index (χ0n) is 15.1. The van der Waals surface area contributed by atoms with Gasteiger partial charge in [0, 0.05) is 24.7 Å². The van der Waals surface area contributed by atoms with Crippen molar-refractivity contribution < 1.29 is 27.9 Å². The Bertz CT molecular complexity index is 915. The van der Waals surface area contributed by atoms with E-state index < -0.39 is 35.3 Å². The number of ether oxygens (including phenoxy) is 1. The molecule has 0 spiro atoms. The summed E-state index contributed by atoms with van der Waals surface area (Å²) in [6.45, 7) is 1.96. The topological polar surface area (TPSA) is 75.7 Å². The molecule has 2 aromatic carbocycles. The number of anilines is 2. The van der Waals surface area contributed by atoms with E-state index in [0.29, 0.717) is 17.3 Å². The molecule has 28 heavy (non-hydrogen) atoms. The molecule has 0 radical (unpaired) electrons. The summed E-state index contributed by atoms with van der Waals surface area (Å²) in [5.74, 6) is -3.55. The first-order chi connectivity index (χ1) is 13.4. The number of halogens is 2. The van der Waals surface area contributed by atoms with Gasteiger partial charge in [-0.2, -0.15) is 0 Å². The van der Waals surface area contributed by atoms with Gasteiger partial charge in [-0.1, -0.05) is 0 Å². The van der Waals surface area contributed by atoms with E-state index in [1.165, 1.54) is 18.2 Å². The van der Waals surface area contributed by atoms with Gasteiger partial charge in [-0.15, -0.1) is 0 Å². The molecule has 1 fully saturated rings. The molecule has 1 saturated heterocycles. The van der Waals surface area contributed by atoms with Crippen LogP contribution in [0.1, 0.15) is 23.7 Å². The first-order valence-electron chi connectivity index (χ1n) is 8.72. The van der Waals surface area contributed by atoms with Crippen molar-refractivity contribution in [3.63, 3.8) is 0 Å². The molecule has 0 saturated carbocycles. The Morgan fingerprint density at radius 2 is 1.89 bits per heavy atom. The summed E-state index contributed by atoms with van der Waals surface area (Å²) in [4.78, 5) is 37.4. The normalized spacial score (nSPS) is 16.2. The van der Waals surface area contributed by atoms with Gasteiger partial charge in [0.2, 0.25) is 11.8 Å². The Kier molecular flexibility index (Phi) is 5.67. The highest BCUT2D eigenvalue weighted by molar-refractivity contribution is 6.03. The number of carbonyl (C=O) groups is 3. The predicted molar refractivity (Wildman–Crippen MR) is 97.8 cm³/mol. The van der Waals surface area contributed by atoms with Gasteiger partial charge in [0.15, 0.2) is 0 Å². The highest BCUT2D eigenvalue weighted by Gasteiger charge is 2.36.